The Kier molecular flexibility index (Phi) is 10.1. The number of hydrogen-bond donors (Lipinski definition) is 2. The molecule has 0 aliphatic carbocycles. The van der Waals surface area contributed by atoms with Gasteiger partial charge >= 0.3 is 7.12 Å². The monoisotopic (exact) mass is 619 g/mol. The van der Waals surface area contributed by atoms with Crippen LogP contribution in [-0.2, 0) is 26.2 Å². The Bertz CT molecular complexity index is 2020. The highest BCUT2D eigenvalue weighted by molar-refractivity contribution is 6.59. The largest absolute Gasteiger partial charge is 0.488 e. The molecule has 0 amide bonds. The number of nitrogens with zero attached hydrogens (tertiary/aromatic N) is 3. The van der Waals surface area contributed by atoms with Crippen LogP contribution in [0.4, 0.5) is 5.69 Å². The van der Waals surface area contributed by atoms with Crippen molar-refractivity contribution in [1.82, 2.24) is 9.47 Å². The van der Waals surface area contributed by atoms with Crippen LogP contribution < -0.4 is 10.4 Å². The van der Waals surface area contributed by atoms with Crippen molar-refractivity contribution in [1.29, 1.82) is 0 Å². The average Bonchev–Trinajstić information content (AvgIpc) is 3.39. The minimum atomic E-state index is -1.51. The highest BCUT2D eigenvalue weighted by Gasteiger charge is 2.19. The maximum atomic E-state index is 10.1. The first-order chi connectivity index (χ1) is 22.9. The van der Waals surface area contributed by atoms with Gasteiger partial charge in [-0.3, -0.25) is 4.90 Å². The van der Waals surface area contributed by atoms with E-state index in [1.807, 2.05) is 38.4 Å². The van der Waals surface area contributed by atoms with Crippen molar-refractivity contribution in [3.05, 3.63) is 143 Å². The van der Waals surface area contributed by atoms with Gasteiger partial charge in [0.2, 0.25) is 0 Å². The lowest BCUT2D eigenvalue weighted by molar-refractivity contribution is 0.248. The summed E-state index contributed by atoms with van der Waals surface area (Å²) in [7, 11) is 2.58. The quantitative estimate of drug-likeness (QED) is 0.122. The number of benzene rings is 5. The molecule has 47 heavy (non-hydrogen) atoms. The van der Waals surface area contributed by atoms with Crippen molar-refractivity contribution in [2.45, 2.75) is 45.9 Å². The molecule has 6 rings (SSSR count). The molecule has 6 aromatic rings. The van der Waals surface area contributed by atoms with Crippen LogP contribution in [0.1, 0.15) is 47.6 Å². The Labute approximate surface area is 278 Å². The Morgan fingerprint density at radius 1 is 0.660 bits per heavy atom. The highest BCUT2D eigenvalue weighted by Crippen LogP contribution is 2.32. The van der Waals surface area contributed by atoms with E-state index in [4.69, 9.17) is 0 Å². The second-order valence-corrected chi connectivity index (χ2v) is 12.5. The molecule has 2 N–H and O–H groups in total. The number of fused-ring (bicyclic) bond motifs is 3. The second-order valence-electron chi connectivity index (χ2n) is 12.5. The molecule has 0 aliphatic rings. The van der Waals surface area contributed by atoms with E-state index in [1.165, 1.54) is 32.9 Å². The molecule has 0 unspecified atom stereocenters. The molecule has 1 heterocycles. The summed E-state index contributed by atoms with van der Waals surface area (Å²) in [5.74, 6) is 6.77. The molecule has 0 aliphatic heterocycles. The van der Waals surface area contributed by atoms with E-state index in [2.05, 4.69) is 118 Å². The third-order valence-electron chi connectivity index (χ3n) is 8.78. The Morgan fingerprint density at radius 2 is 1.30 bits per heavy atom. The van der Waals surface area contributed by atoms with Crippen LogP contribution in [0.2, 0.25) is 0 Å². The van der Waals surface area contributed by atoms with Gasteiger partial charge in [0, 0.05) is 78.9 Å². The summed E-state index contributed by atoms with van der Waals surface area (Å²) in [5.41, 5.74) is 9.51. The van der Waals surface area contributed by atoms with Crippen molar-refractivity contribution < 1.29 is 10.0 Å². The fraction of sp³-hybridized carbons (Fsp3) is 0.220. The highest BCUT2D eigenvalue weighted by atomic mass is 16.4. The molecule has 6 heteroatoms. The molecule has 0 atom stereocenters. The predicted octanol–water partition coefficient (Wildman–Crippen LogP) is 6.94. The number of hydrogen-bond acceptors (Lipinski definition) is 4. The normalized spacial score (nSPS) is 11.2. The third-order valence-corrected chi connectivity index (χ3v) is 8.78. The molecule has 236 valence electrons. The van der Waals surface area contributed by atoms with E-state index in [1.54, 1.807) is 6.07 Å². The van der Waals surface area contributed by atoms with Gasteiger partial charge in [-0.15, -0.1) is 0 Å². The van der Waals surface area contributed by atoms with Crippen molar-refractivity contribution >= 4 is 40.1 Å². The van der Waals surface area contributed by atoms with Gasteiger partial charge in [-0.2, -0.15) is 0 Å². The van der Waals surface area contributed by atoms with Gasteiger partial charge in [-0.1, -0.05) is 85.8 Å². The number of unbranched alkanes of at least 4 members (excludes halogenated alkanes) is 1. The lowest BCUT2D eigenvalue weighted by Gasteiger charge is -2.24. The van der Waals surface area contributed by atoms with E-state index in [9.17, 15) is 10.0 Å². The summed E-state index contributed by atoms with van der Waals surface area (Å²) in [5, 5.41) is 22.6. The Morgan fingerprint density at radius 3 is 2.02 bits per heavy atom. The lowest BCUT2D eigenvalue weighted by Crippen LogP contribution is -2.35. The molecule has 5 nitrogen and oxygen atoms in total. The van der Waals surface area contributed by atoms with Crippen molar-refractivity contribution in [2.24, 2.45) is 0 Å². The van der Waals surface area contributed by atoms with E-state index in [0.29, 0.717) is 18.6 Å². The number of rotatable bonds is 11. The maximum absolute atomic E-state index is 10.1. The summed E-state index contributed by atoms with van der Waals surface area (Å²) in [6, 6.07) is 39.8. The summed E-state index contributed by atoms with van der Waals surface area (Å²) in [6.07, 6.45) is 2.25. The molecule has 1 aromatic heterocycles. The van der Waals surface area contributed by atoms with Gasteiger partial charge in [0.15, 0.2) is 0 Å². The van der Waals surface area contributed by atoms with Crippen LogP contribution >= 0.6 is 0 Å². The first kappa shape index (κ1) is 32.2. The Hall–Kier alpha value is -4.80. The van der Waals surface area contributed by atoms with E-state index in [0.717, 1.165) is 48.3 Å². The van der Waals surface area contributed by atoms with Crippen LogP contribution in [0.3, 0.4) is 0 Å². The second kappa shape index (κ2) is 14.7. The van der Waals surface area contributed by atoms with Crippen LogP contribution in [0.5, 0.6) is 0 Å². The fourth-order valence-electron chi connectivity index (χ4n) is 6.31. The summed E-state index contributed by atoms with van der Waals surface area (Å²) < 4.78 is 2.45. The topological polar surface area (TPSA) is 51.9 Å². The van der Waals surface area contributed by atoms with Crippen LogP contribution in [0.15, 0.2) is 115 Å². The van der Waals surface area contributed by atoms with Crippen molar-refractivity contribution in [3.8, 4) is 11.8 Å². The predicted molar refractivity (Wildman–Crippen MR) is 197 cm³/mol. The Balaban J connectivity index is 1.37. The van der Waals surface area contributed by atoms with Crippen LogP contribution in [0.25, 0.3) is 21.8 Å². The first-order valence-corrected chi connectivity index (χ1v) is 16.4. The molecule has 0 spiro atoms. The minimum Gasteiger partial charge on any atom is -0.423 e. The zero-order valence-corrected chi connectivity index (χ0v) is 27.5. The lowest BCUT2D eigenvalue weighted by atomic mass is 9.77. The van der Waals surface area contributed by atoms with Gasteiger partial charge in [0.25, 0.3) is 0 Å². The van der Waals surface area contributed by atoms with Gasteiger partial charge < -0.3 is 19.5 Å². The molecular formula is C41H42BN3O2. The van der Waals surface area contributed by atoms with Gasteiger partial charge in [0.1, 0.15) is 0 Å². The minimum absolute atomic E-state index is 0.544. The average molecular weight is 620 g/mol. The van der Waals surface area contributed by atoms with Gasteiger partial charge in [-0.25, -0.2) is 0 Å². The van der Waals surface area contributed by atoms with Gasteiger partial charge in [0.05, 0.1) is 0 Å². The van der Waals surface area contributed by atoms with E-state index in [-0.39, 0.29) is 0 Å². The number of aryl methyl sites for hydroxylation is 1. The fourth-order valence-corrected chi connectivity index (χ4v) is 6.31. The molecule has 0 fully saturated rings. The van der Waals surface area contributed by atoms with Gasteiger partial charge in [-0.05, 0) is 83.2 Å². The molecule has 0 saturated carbocycles. The molecular weight excluding hydrogens is 577 g/mol. The smallest absolute Gasteiger partial charge is 0.423 e. The number of aromatic nitrogens is 1. The third kappa shape index (κ3) is 7.61. The summed E-state index contributed by atoms with van der Waals surface area (Å²) >= 11 is 0. The zero-order valence-electron chi connectivity index (χ0n) is 27.5. The maximum Gasteiger partial charge on any atom is 0.488 e. The molecule has 5 aromatic carbocycles. The summed E-state index contributed by atoms with van der Waals surface area (Å²) in [4.78, 5) is 4.46. The molecule has 0 bridgehead atoms. The standard InChI is InChI=1S/C41H42BN3O2/c1-4-5-25-45-40-23-19-32(16-15-31-17-21-36(22-18-31)43(2)3)26-37(40)38-27-34(20-24-41(38)45)29-44(28-33-11-7-6-8-12-33)30-35-13-9-10-14-39(35)42(46)47/h6-14,17-24,26-27,46-47H,4-5,25,28-30H2,1-3H3. The zero-order chi connectivity index (χ0) is 32.8. The molecule has 0 saturated heterocycles. The first-order valence-electron chi connectivity index (χ1n) is 16.4. The SMILES string of the molecule is CCCCn1c2ccc(C#Cc3ccc(N(C)C)cc3)cc2c2cc(CN(Cc3ccccc3)Cc3ccccc3B(O)O)ccc21. The number of anilines is 1. The summed E-state index contributed by atoms with van der Waals surface area (Å²) in [6.45, 7) is 5.25. The van der Waals surface area contributed by atoms with Crippen molar-refractivity contribution in [2.75, 3.05) is 19.0 Å². The van der Waals surface area contributed by atoms with Crippen LogP contribution in [0, 0.1) is 11.8 Å². The van der Waals surface area contributed by atoms with E-state index >= 15 is 0 Å². The van der Waals surface area contributed by atoms with Crippen LogP contribution in [-0.4, -0.2) is 40.7 Å². The molecule has 0 radical (unpaired) electrons. The van der Waals surface area contributed by atoms with E-state index < -0.39 is 7.12 Å². The van der Waals surface area contributed by atoms with Crippen molar-refractivity contribution in [3.63, 3.8) is 0 Å².